The molecule has 0 spiro atoms. The highest BCUT2D eigenvalue weighted by Gasteiger charge is 2.43. The summed E-state index contributed by atoms with van der Waals surface area (Å²) in [5.41, 5.74) is 3.50. The Balaban J connectivity index is 1.65. The van der Waals surface area contributed by atoms with Crippen LogP contribution in [0.2, 0.25) is 0 Å². The van der Waals surface area contributed by atoms with Crippen molar-refractivity contribution in [2.45, 2.75) is 71.4 Å². The topological polar surface area (TPSA) is 184 Å². The van der Waals surface area contributed by atoms with Crippen LogP contribution in [0.1, 0.15) is 64.5 Å². The average molecular weight is 692 g/mol. The number of hydrogen-bond donors (Lipinski definition) is 5. The molecule has 0 radical (unpaired) electrons. The maximum atomic E-state index is 11.4. The number of unbranched alkanes of at least 4 members (excludes halogenated alkanes) is 2. The van der Waals surface area contributed by atoms with Crippen molar-refractivity contribution in [2.75, 3.05) is 25.5 Å². The van der Waals surface area contributed by atoms with E-state index in [4.69, 9.17) is 15.1 Å². The zero-order valence-electron chi connectivity index (χ0n) is 28.1. The minimum atomic E-state index is -4.41. The van der Waals surface area contributed by atoms with Crippen LogP contribution in [0.3, 0.4) is 0 Å². The van der Waals surface area contributed by atoms with Crippen molar-refractivity contribution in [3.8, 4) is 23.7 Å². The number of rotatable bonds is 12. The van der Waals surface area contributed by atoms with E-state index in [1.165, 1.54) is 0 Å². The molecule has 0 saturated heterocycles. The summed E-state index contributed by atoms with van der Waals surface area (Å²) < 4.78 is 33.6. The van der Waals surface area contributed by atoms with Crippen molar-refractivity contribution in [3.63, 3.8) is 0 Å². The van der Waals surface area contributed by atoms with Gasteiger partial charge in [-0.2, -0.15) is 8.42 Å². The van der Waals surface area contributed by atoms with Gasteiger partial charge in [0.05, 0.1) is 22.2 Å². The summed E-state index contributed by atoms with van der Waals surface area (Å²) in [5.74, 6) is 10.9. The van der Waals surface area contributed by atoms with Gasteiger partial charge in [-0.1, -0.05) is 50.0 Å². The molecule has 260 valence electrons. The molecule has 0 amide bonds. The Labute approximate surface area is 287 Å². The van der Waals surface area contributed by atoms with Crippen LogP contribution in [-0.2, 0) is 26.9 Å². The first-order valence-electron chi connectivity index (χ1n) is 16.0. The Bertz CT molecular complexity index is 1910. The number of carboxylic acid groups (broad SMARTS) is 1. The zero-order chi connectivity index (χ0) is 36.0. The molecule has 0 fully saturated rings. The molecule has 3 aliphatic rings. The lowest BCUT2D eigenvalue weighted by Crippen LogP contribution is -2.43. The third-order valence-electron chi connectivity index (χ3n) is 8.53. The van der Waals surface area contributed by atoms with Crippen LogP contribution >= 0.6 is 0 Å². The lowest BCUT2D eigenvalue weighted by Gasteiger charge is -2.29. The predicted molar refractivity (Wildman–Crippen MR) is 185 cm³/mol. The maximum Gasteiger partial charge on any atom is 0.327 e. The zero-order valence-corrected chi connectivity index (χ0v) is 29.0. The molecule has 49 heavy (non-hydrogen) atoms. The van der Waals surface area contributed by atoms with Crippen molar-refractivity contribution in [1.29, 1.82) is 0 Å². The van der Waals surface area contributed by atoms with Gasteiger partial charge in [-0.05, 0) is 56.0 Å². The quantitative estimate of drug-likeness (QED) is 0.0952. The fourth-order valence-electron chi connectivity index (χ4n) is 5.94. The number of aliphatic imine (C=N–C) groups is 2. The van der Waals surface area contributed by atoms with Gasteiger partial charge >= 0.3 is 11.8 Å². The van der Waals surface area contributed by atoms with Gasteiger partial charge in [-0.25, -0.2) is 9.56 Å². The van der Waals surface area contributed by atoms with Crippen molar-refractivity contribution < 1.29 is 42.8 Å². The smallest absolute Gasteiger partial charge is 0.327 e. The van der Waals surface area contributed by atoms with Gasteiger partial charge in [0, 0.05) is 35.7 Å². The summed E-state index contributed by atoms with van der Waals surface area (Å²) in [6.07, 6.45) is 12.1. The molecule has 1 aromatic heterocycles. The van der Waals surface area contributed by atoms with Gasteiger partial charge in [0.1, 0.15) is 43.6 Å². The van der Waals surface area contributed by atoms with E-state index < -0.39 is 38.8 Å². The standard InChI is InChI=1S/C36H42N4O8S/c1-35(2)28-19-25(11-9-17-41)21-39(16-7-5-6-15-32(44)45)33(28)37-30(35)13-8-14-31-36(3,4)29-20-26(12-10-18-42)22-40(34(29)38-31)23-27(43)24-49(46,47)48/h8,13-14,19-22,27,41-43H,5-7,15-18,23-24H2,1-4H3,(H-,44,45,46,47,48)/p+1. The molecule has 1 aromatic rings. The molecule has 0 saturated carbocycles. The van der Waals surface area contributed by atoms with Gasteiger partial charge < -0.3 is 25.3 Å². The van der Waals surface area contributed by atoms with Crippen molar-refractivity contribution in [2.24, 2.45) is 15.4 Å². The van der Waals surface area contributed by atoms with E-state index >= 15 is 0 Å². The summed E-state index contributed by atoms with van der Waals surface area (Å²) in [5, 5.41) is 37.9. The summed E-state index contributed by atoms with van der Waals surface area (Å²) in [6, 6.07) is 1.86. The number of aliphatic carboxylic acids is 1. The number of aromatic nitrogens is 1. The van der Waals surface area contributed by atoms with E-state index in [1.54, 1.807) is 10.8 Å². The number of fused-ring (bicyclic) bond motifs is 2. The minimum Gasteiger partial charge on any atom is -0.481 e. The average Bonchev–Trinajstić information content (AvgIpc) is 3.41. The van der Waals surface area contributed by atoms with Gasteiger partial charge in [-0.3, -0.25) is 9.35 Å². The first kappa shape index (κ1) is 37.4. The number of aliphatic hydroxyl groups excluding tert-OH is 3. The summed E-state index contributed by atoms with van der Waals surface area (Å²) in [7, 11) is -4.41. The lowest BCUT2D eigenvalue weighted by atomic mass is 9.80. The van der Waals surface area contributed by atoms with Crippen LogP contribution in [0, 0.1) is 29.1 Å². The molecule has 3 aliphatic heterocycles. The number of hydrogen-bond acceptors (Lipinski definition) is 9. The Hall–Kier alpha value is -4.37. The van der Waals surface area contributed by atoms with Gasteiger partial charge in [0.2, 0.25) is 0 Å². The predicted octanol–water partition coefficient (Wildman–Crippen LogP) is 2.58. The highest BCUT2D eigenvalue weighted by atomic mass is 32.2. The molecule has 0 aliphatic carbocycles. The molecular weight excluding hydrogens is 648 g/mol. The van der Waals surface area contributed by atoms with E-state index in [1.807, 2.05) is 55.3 Å². The molecule has 13 heteroatoms. The monoisotopic (exact) mass is 691 g/mol. The molecule has 1 atom stereocenters. The van der Waals surface area contributed by atoms with E-state index in [9.17, 15) is 33.1 Å². The lowest BCUT2D eigenvalue weighted by molar-refractivity contribution is -0.690. The number of nitrogens with zero attached hydrogens (tertiary/aromatic N) is 4. The van der Waals surface area contributed by atoms with Crippen molar-refractivity contribution in [1.82, 2.24) is 4.90 Å². The Kier molecular flexibility index (Phi) is 11.8. The molecule has 4 rings (SSSR count). The second kappa shape index (κ2) is 15.5. The van der Waals surface area contributed by atoms with E-state index in [0.717, 1.165) is 41.1 Å². The molecule has 4 heterocycles. The number of carbonyl (C=O) groups is 1. The number of aliphatic hydroxyl groups is 3. The van der Waals surface area contributed by atoms with Crippen LogP contribution in [0.15, 0.2) is 69.6 Å². The van der Waals surface area contributed by atoms with Crippen LogP contribution < -0.4 is 4.57 Å². The highest BCUT2D eigenvalue weighted by Crippen LogP contribution is 2.45. The Morgan fingerprint density at radius 2 is 1.78 bits per heavy atom. The molecule has 12 nitrogen and oxygen atoms in total. The van der Waals surface area contributed by atoms with Crippen LogP contribution in [0.5, 0.6) is 0 Å². The number of amidine groups is 1. The first-order valence-corrected chi connectivity index (χ1v) is 17.6. The summed E-state index contributed by atoms with van der Waals surface area (Å²) in [4.78, 5) is 22.8. The van der Waals surface area contributed by atoms with Gasteiger partial charge in [-0.15, -0.1) is 0 Å². The highest BCUT2D eigenvalue weighted by molar-refractivity contribution is 7.85. The number of pyridine rings is 1. The summed E-state index contributed by atoms with van der Waals surface area (Å²) in [6.45, 7) is 8.00. The fraction of sp³-hybridized carbons (Fsp3) is 0.444. The van der Waals surface area contributed by atoms with E-state index in [-0.39, 0.29) is 26.2 Å². The van der Waals surface area contributed by atoms with Crippen molar-refractivity contribution >= 4 is 33.5 Å². The molecular formula is C36H43N4O8S+. The molecule has 1 unspecified atom stereocenters. The number of carboxylic acids is 1. The third-order valence-corrected chi connectivity index (χ3v) is 9.33. The van der Waals surface area contributed by atoms with Crippen LogP contribution in [-0.4, -0.2) is 87.4 Å². The van der Waals surface area contributed by atoms with Crippen molar-refractivity contribution in [3.05, 3.63) is 70.7 Å². The normalized spacial score (nSPS) is 18.8. The SMILES string of the molecule is CC1(C)C2=CC(C#CCO)=CN(CCCCCC(=O)O)C2=N/C1=C\C=C\C1=Nc2c(cc(C#CCO)c[n+]2CC(O)CS(=O)(=O)O)C1(C)C. The van der Waals surface area contributed by atoms with Crippen LogP contribution in [0.25, 0.3) is 0 Å². The van der Waals surface area contributed by atoms with E-state index in [0.29, 0.717) is 30.1 Å². The van der Waals surface area contributed by atoms with Gasteiger partial charge in [0.25, 0.3) is 10.1 Å². The second-order valence-electron chi connectivity index (χ2n) is 13.1. The fourth-order valence-corrected chi connectivity index (χ4v) is 6.54. The third kappa shape index (κ3) is 9.21. The first-order chi connectivity index (χ1) is 23.1. The largest absolute Gasteiger partial charge is 0.481 e. The Morgan fingerprint density at radius 1 is 1.06 bits per heavy atom. The molecule has 5 N–H and O–H groups in total. The summed E-state index contributed by atoms with van der Waals surface area (Å²) >= 11 is 0. The Morgan fingerprint density at radius 3 is 2.45 bits per heavy atom. The van der Waals surface area contributed by atoms with Crippen LogP contribution in [0.4, 0.5) is 5.82 Å². The second-order valence-corrected chi connectivity index (χ2v) is 14.6. The molecule has 0 aromatic carbocycles. The minimum absolute atomic E-state index is 0.129. The number of allylic oxidation sites excluding steroid dienone is 6. The van der Waals surface area contributed by atoms with E-state index in [2.05, 4.69) is 37.5 Å². The molecule has 0 bridgehead atoms. The van der Waals surface area contributed by atoms with Gasteiger partial charge in [0.15, 0.2) is 5.71 Å². The maximum absolute atomic E-state index is 11.4.